The maximum atomic E-state index is 12.7. The van der Waals surface area contributed by atoms with Crippen LogP contribution in [0.2, 0.25) is 5.02 Å². The predicted molar refractivity (Wildman–Crippen MR) is 102 cm³/mol. The first kappa shape index (κ1) is 20.5. The zero-order valence-electron chi connectivity index (χ0n) is 14.0. The van der Waals surface area contributed by atoms with Crippen LogP contribution in [-0.2, 0) is 14.6 Å². The SMILES string of the molecule is Cl.O=C(CS(=O)(=O)C1CCCC1)N1CCNCC1c1ccccc1Cl. The topological polar surface area (TPSA) is 66.5 Å². The van der Waals surface area contributed by atoms with Crippen LogP contribution in [0.15, 0.2) is 24.3 Å². The summed E-state index contributed by atoms with van der Waals surface area (Å²) in [6.45, 7) is 1.74. The second-order valence-corrected chi connectivity index (χ2v) is 9.23. The molecule has 0 spiro atoms. The Balaban J connectivity index is 0.00000225. The molecule has 1 atom stereocenters. The standard InChI is InChI=1S/C17H23ClN2O3S.ClH/c18-15-8-4-3-7-14(15)16-11-19-9-10-20(16)17(21)12-24(22,23)13-5-1-2-6-13;/h3-4,7-8,13,16,19H,1-2,5-6,9-12H2;1H. The average molecular weight is 407 g/mol. The second kappa shape index (κ2) is 8.71. The number of hydrogen-bond donors (Lipinski definition) is 1. The lowest BCUT2D eigenvalue weighted by atomic mass is 10.0. The molecule has 3 rings (SSSR count). The highest BCUT2D eigenvalue weighted by molar-refractivity contribution is 7.92. The number of carbonyl (C=O) groups excluding carboxylic acids is 1. The van der Waals surface area contributed by atoms with Crippen LogP contribution in [0.25, 0.3) is 0 Å². The zero-order chi connectivity index (χ0) is 17.2. The van der Waals surface area contributed by atoms with E-state index in [0.717, 1.165) is 18.4 Å². The smallest absolute Gasteiger partial charge is 0.238 e. The van der Waals surface area contributed by atoms with Crippen LogP contribution in [0.1, 0.15) is 37.3 Å². The highest BCUT2D eigenvalue weighted by Gasteiger charge is 2.35. The second-order valence-electron chi connectivity index (χ2n) is 6.54. The molecule has 1 heterocycles. The summed E-state index contributed by atoms with van der Waals surface area (Å²) in [6.07, 6.45) is 3.25. The van der Waals surface area contributed by atoms with Gasteiger partial charge < -0.3 is 10.2 Å². The molecule has 8 heteroatoms. The van der Waals surface area contributed by atoms with Crippen molar-refractivity contribution in [3.63, 3.8) is 0 Å². The van der Waals surface area contributed by atoms with Gasteiger partial charge in [-0.25, -0.2) is 8.42 Å². The number of halogens is 2. The number of hydrogen-bond acceptors (Lipinski definition) is 4. The van der Waals surface area contributed by atoms with E-state index in [9.17, 15) is 13.2 Å². The van der Waals surface area contributed by atoms with Gasteiger partial charge in [-0.05, 0) is 24.5 Å². The fourth-order valence-electron chi connectivity index (χ4n) is 3.65. The van der Waals surface area contributed by atoms with Crippen molar-refractivity contribution in [1.29, 1.82) is 0 Å². The molecule has 1 aliphatic heterocycles. The largest absolute Gasteiger partial charge is 0.332 e. The number of rotatable bonds is 4. The summed E-state index contributed by atoms with van der Waals surface area (Å²) in [5.74, 6) is -0.702. The Kier molecular flexibility index (Phi) is 7.14. The van der Waals surface area contributed by atoms with Crippen LogP contribution in [0.4, 0.5) is 0 Å². The van der Waals surface area contributed by atoms with Gasteiger partial charge in [0.1, 0.15) is 5.75 Å². The van der Waals surface area contributed by atoms with Crippen molar-refractivity contribution in [2.75, 3.05) is 25.4 Å². The lowest BCUT2D eigenvalue weighted by Crippen LogP contribution is -2.50. The molecule has 1 aromatic carbocycles. The minimum atomic E-state index is -3.37. The summed E-state index contributed by atoms with van der Waals surface area (Å²) in [5.41, 5.74) is 0.859. The van der Waals surface area contributed by atoms with Gasteiger partial charge in [-0.15, -0.1) is 12.4 Å². The molecule has 1 saturated carbocycles. The van der Waals surface area contributed by atoms with Gasteiger partial charge in [-0.3, -0.25) is 4.79 Å². The molecule has 1 N–H and O–H groups in total. The average Bonchev–Trinajstić information content (AvgIpc) is 3.10. The van der Waals surface area contributed by atoms with Crippen molar-refractivity contribution in [3.05, 3.63) is 34.9 Å². The molecule has 1 amide bonds. The number of amides is 1. The Bertz CT molecular complexity index is 706. The van der Waals surface area contributed by atoms with Crippen molar-refractivity contribution in [1.82, 2.24) is 10.2 Å². The number of carbonyl (C=O) groups is 1. The Morgan fingerprint density at radius 3 is 2.60 bits per heavy atom. The molecule has 2 aliphatic rings. The molecule has 2 fully saturated rings. The van der Waals surface area contributed by atoms with Crippen molar-refractivity contribution in [3.8, 4) is 0 Å². The van der Waals surface area contributed by atoms with E-state index in [1.54, 1.807) is 11.0 Å². The maximum absolute atomic E-state index is 12.7. The predicted octanol–water partition coefficient (Wildman–Crippen LogP) is 2.59. The Morgan fingerprint density at radius 2 is 1.92 bits per heavy atom. The summed E-state index contributed by atoms with van der Waals surface area (Å²) < 4.78 is 25.0. The molecular formula is C17H24Cl2N2O3S. The fourth-order valence-corrected chi connectivity index (χ4v) is 5.71. The molecule has 0 radical (unpaired) electrons. The van der Waals surface area contributed by atoms with Gasteiger partial charge in [0.15, 0.2) is 9.84 Å². The van der Waals surface area contributed by atoms with Crippen LogP contribution in [0, 0.1) is 0 Å². The molecule has 1 unspecified atom stereocenters. The van der Waals surface area contributed by atoms with Gasteiger partial charge in [0.05, 0.1) is 11.3 Å². The summed E-state index contributed by atoms with van der Waals surface area (Å²) in [7, 11) is -3.37. The number of piperazine rings is 1. The summed E-state index contributed by atoms with van der Waals surface area (Å²) in [5, 5.41) is 3.52. The quantitative estimate of drug-likeness (QED) is 0.833. The highest BCUT2D eigenvalue weighted by atomic mass is 35.5. The molecule has 5 nitrogen and oxygen atoms in total. The first-order valence-electron chi connectivity index (χ1n) is 8.45. The molecule has 1 aliphatic carbocycles. The summed E-state index contributed by atoms with van der Waals surface area (Å²) in [6, 6.07) is 7.19. The van der Waals surface area contributed by atoms with Gasteiger partial charge >= 0.3 is 0 Å². The van der Waals surface area contributed by atoms with Crippen molar-refractivity contribution < 1.29 is 13.2 Å². The maximum Gasteiger partial charge on any atom is 0.238 e. The van der Waals surface area contributed by atoms with Crippen molar-refractivity contribution >= 4 is 39.8 Å². The van der Waals surface area contributed by atoms with E-state index < -0.39 is 15.6 Å². The van der Waals surface area contributed by atoms with Crippen LogP contribution in [-0.4, -0.2) is 49.9 Å². The van der Waals surface area contributed by atoms with E-state index in [2.05, 4.69) is 5.32 Å². The first-order chi connectivity index (χ1) is 11.5. The lowest BCUT2D eigenvalue weighted by molar-refractivity contribution is -0.131. The van der Waals surface area contributed by atoms with Gasteiger partial charge in [-0.1, -0.05) is 42.6 Å². The summed E-state index contributed by atoms with van der Waals surface area (Å²) >= 11 is 6.28. The Hall–Kier alpha value is -0.820. The third-order valence-corrected chi connectivity index (χ3v) is 7.44. The molecule has 0 bridgehead atoms. The fraction of sp³-hybridized carbons (Fsp3) is 0.588. The van der Waals surface area contributed by atoms with Gasteiger partial charge in [-0.2, -0.15) is 0 Å². The van der Waals surface area contributed by atoms with E-state index >= 15 is 0 Å². The third-order valence-electron chi connectivity index (χ3n) is 4.96. The number of sulfone groups is 1. The van der Waals surface area contributed by atoms with Crippen LogP contribution in [0.5, 0.6) is 0 Å². The Morgan fingerprint density at radius 1 is 1.24 bits per heavy atom. The van der Waals surface area contributed by atoms with Crippen LogP contribution in [0.3, 0.4) is 0 Å². The molecule has 1 aromatic rings. The third kappa shape index (κ3) is 4.67. The molecule has 0 aromatic heterocycles. The van der Waals surface area contributed by atoms with Crippen LogP contribution < -0.4 is 5.32 Å². The Labute approximate surface area is 160 Å². The minimum Gasteiger partial charge on any atom is -0.332 e. The molecule has 25 heavy (non-hydrogen) atoms. The van der Waals surface area contributed by atoms with E-state index in [0.29, 0.717) is 37.5 Å². The number of nitrogens with one attached hydrogen (secondary N) is 1. The molecule has 1 saturated heterocycles. The van der Waals surface area contributed by atoms with Gasteiger partial charge in [0.2, 0.25) is 5.91 Å². The molecule has 140 valence electrons. The van der Waals surface area contributed by atoms with Crippen molar-refractivity contribution in [2.24, 2.45) is 0 Å². The lowest BCUT2D eigenvalue weighted by Gasteiger charge is -2.37. The molecular weight excluding hydrogens is 383 g/mol. The van der Waals surface area contributed by atoms with Gasteiger partial charge in [0, 0.05) is 24.7 Å². The van der Waals surface area contributed by atoms with E-state index in [1.807, 2.05) is 18.2 Å². The van der Waals surface area contributed by atoms with E-state index in [4.69, 9.17) is 11.6 Å². The number of benzene rings is 1. The monoisotopic (exact) mass is 406 g/mol. The van der Waals surface area contributed by atoms with E-state index in [-0.39, 0.29) is 29.6 Å². The normalized spacial score (nSPS) is 21.8. The highest BCUT2D eigenvalue weighted by Crippen LogP contribution is 2.30. The number of nitrogens with zero attached hydrogens (tertiary/aromatic N) is 1. The van der Waals surface area contributed by atoms with Crippen LogP contribution >= 0.6 is 24.0 Å². The zero-order valence-corrected chi connectivity index (χ0v) is 16.4. The van der Waals surface area contributed by atoms with Gasteiger partial charge in [0.25, 0.3) is 0 Å². The minimum absolute atomic E-state index is 0. The van der Waals surface area contributed by atoms with E-state index in [1.165, 1.54) is 0 Å². The van der Waals surface area contributed by atoms with Crippen molar-refractivity contribution in [2.45, 2.75) is 37.0 Å². The summed E-state index contributed by atoms with van der Waals surface area (Å²) in [4.78, 5) is 14.4. The first-order valence-corrected chi connectivity index (χ1v) is 10.5.